The molecule has 20 heavy (non-hydrogen) atoms. The van der Waals surface area contributed by atoms with Gasteiger partial charge >= 0.3 is 12.0 Å². The highest BCUT2D eigenvalue weighted by Crippen LogP contribution is 2.37. The van der Waals surface area contributed by atoms with Gasteiger partial charge in [0, 0.05) is 19.6 Å². The zero-order valence-electron chi connectivity index (χ0n) is 12.6. The summed E-state index contributed by atoms with van der Waals surface area (Å²) < 4.78 is 0. The smallest absolute Gasteiger partial charge is 0.320 e. The second-order valence-corrected chi connectivity index (χ2v) is 6.38. The van der Waals surface area contributed by atoms with Crippen molar-refractivity contribution in [2.24, 2.45) is 0 Å². The van der Waals surface area contributed by atoms with Crippen molar-refractivity contribution < 1.29 is 14.7 Å². The molecular formula is C15H26N2O3. The monoisotopic (exact) mass is 282 g/mol. The van der Waals surface area contributed by atoms with Crippen molar-refractivity contribution in [3.05, 3.63) is 0 Å². The number of carboxylic acid groups (broad SMARTS) is 1. The lowest BCUT2D eigenvalue weighted by Gasteiger charge is -2.45. The number of amides is 2. The predicted octanol–water partition coefficient (Wildman–Crippen LogP) is 2.70. The number of rotatable bonds is 3. The van der Waals surface area contributed by atoms with Crippen LogP contribution in [-0.2, 0) is 4.79 Å². The SMILES string of the molecule is CC1CCCN1C(=O)N(C)C1(CC(=O)O)CCCCC1. The molecule has 0 aromatic carbocycles. The van der Waals surface area contributed by atoms with Gasteiger partial charge in [0.05, 0.1) is 12.0 Å². The first-order valence-electron chi connectivity index (χ1n) is 7.72. The highest BCUT2D eigenvalue weighted by molar-refractivity contribution is 5.77. The maximum Gasteiger partial charge on any atom is 0.320 e. The molecule has 1 saturated heterocycles. The van der Waals surface area contributed by atoms with Gasteiger partial charge in [0.1, 0.15) is 0 Å². The first-order valence-corrected chi connectivity index (χ1v) is 7.72. The largest absolute Gasteiger partial charge is 0.481 e. The summed E-state index contributed by atoms with van der Waals surface area (Å²) in [5.74, 6) is -0.805. The molecule has 2 fully saturated rings. The summed E-state index contributed by atoms with van der Waals surface area (Å²) in [4.78, 5) is 27.6. The Balaban J connectivity index is 2.15. The molecule has 0 aromatic rings. The fourth-order valence-electron chi connectivity index (χ4n) is 3.74. The van der Waals surface area contributed by atoms with E-state index in [1.165, 1.54) is 0 Å². The Morgan fingerprint density at radius 2 is 1.90 bits per heavy atom. The highest BCUT2D eigenvalue weighted by atomic mass is 16.4. The minimum atomic E-state index is -0.805. The number of likely N-dealkylation sites (tertiary alicyclic amines) is 1. The normalized spacial score (nSPS) is 25.5. The lowest BCUT2D eigenvalue weighted by Crippen LogP contribution is -2.56. The standard InChI is InChI=1S/C15H26N2O3/c1-12-7-6-10-17(12)14(20)16(2)15(11-13(18)19)8-4-3-5-9-15/h12H,3-11H2,1-2H3,(H,18,19). The van der Waals surface area contributed by atoms with E-state index in [1.54, 1.807) is 11.9 Å². The van der Waals surface area contributed by atoms with E-state index in [0.717, 1.165) is 51.5 Å². The van der Waals surface area contributed by atoms with Crippen molar-refractivity contribution in [3.8, 4) is 0 Å². The van der Waals surface area contributed by atoms with Crippen molar-refractivity contribution >= 4 is 12.0 Å². The van der Waals surface area contributed by atoms with E-state index >= 15 is 0 Å². The third kappa shape index (κ3) is 2.91. The Kier molecular flexibility index (Phi) is 4.55. The number of hydrogen-bond acceptors (Lipinski definition) is 2. The number of hydrogen-bond donors (Lipinski definition) is 1. The molecule has 2 aliphatic rings. The van der Waals surface area contributed by atoms with Crippen LogP contribution in [0, 0.1) is 0 Å². The molecule has 1 aliphatic carbocycles. The summed E-state index contributed by atoms with van der Waals surface area (Å²) in [6.45, 7) is 2.87. The number of aliphatic carboxylic acids is 1. The lowest BCUT2D eigenvalue weighted by atomic mass is 9.78. The third-order valence-electron chi connectivity index (χ3n) is 5.06. The minimum absolute atomic E-state index is 0.0122. The van der Waals surface area contributed by atoms with Crippen LogP contribution in [0.25, 0.3) is 0 Å². The van der Waals surface area contributed by atoms with Gasteiger partial charge in [0.15, 0.2) is 0 Å². The second kappa shape index (κ2) is 6.02. The van der Waals surface area contributed by atoms with Crippen LogP contribution in [0.15, 0.2) is 0 Å². The maximum atomic E-state index is 12.7. The van der Waals surface area contributed by atoms with E-state index < -0.39 is 11.5 Å². The van der Waals surface area contributed by atoms with Crippen LogP contribution in [-0.4, -0.2) is 52.1 Å². The fraction of sp³-hybridized carbons (Fsp3) is 0.867. The van der Waals surface area contributed by atoms with Crippen LogP contribution >= 0.6 is 0 Å². The molecule has 0 aromatic heterocycles. The number of carbonyl (C=O) groups is 2. The zero-order chi connectivity index (χ0) is 14.8. The van der Waals surface area contributed by atoms with Gasteiger partial charge in [-0.1, -0.05) is 19.3 Å². The molecule has 5 heteroatoms. The number of urea groups is 1. The van der Waals surface area contributed by atoms with E-state index in [2.05, 4.69) is 6.92 Å². The molecule has 2 rings (SSSR count). The van der Waals surface area contributed by atoms with Gasteiger partial charge in [-0.3, -0.25) is 4.79 Å². The van der Waals surface area contributed by atoms with Gasteiger partial charge < -0.3 is 14.9 Å². The van der Waals surface area contributed by atoms with Crippen LogP contribution in [0.2, 0.25) is 0 Å². The lowest BCUT2D eigenvalue weighted by molar-refractivity contribution is -0.140. The molecule has 114 valence electrons. The average Bonchev–Trinajstić information content (AvgIpc) is 2.83. The van der Waals surface area contributed by atoms with Gasteiger partial charge in [-0.05, 0) is 32.6 Å². The molecule has 1 heterocycles. The van der Waals surface area contributed by atoms with E-state index in [1.807, 2.05) is 4.90 Å². The number of nitrogens with zero attached hydrogens (tertiary/aromatic N) is 2. The number of carboxylic acids is 1. The van der Waals surface area contributed by atoms with Crippen molar-refractivity contribution in [3.63, 3.8) is 0 Å². The molecule has 0 radical (unpaired) electrons. The third-order valence-corrected chi connectivity index (χ3v) is 5.06. The van der Waals surface area contributed by atoms with E-state index in [4.69, 9.17) is 0 Å². The molecule has 0 bridgehead atoms. The zero-order valence-corrected chi connectivity index (χ0v) is 12.6. The van der Waals surface area contributed by atoms with Gasteiger partial charge in [0.2, 0.25) is 0 Å². The van der Waals surface area contributed by atoms with Crippen molar-refractivity contribution in [1.29, 1.82) is 0 Å². The molecule has 5 nitrogen and oxygen atoms in total. The predicted molar refractivity (Wildman–Crippen MR) is 76.6 cm³/mol. The van der Waals surface area contributed by atoms with E-state index in [9.17, 15) is 14.7 Å². The molecule has 0 spiro atoms. The van der Waals surface area contributed by atoms with Crippen LogP contribution in [0.3, 0.4) is 0 Å². The molecule has 1 N–H and O–H groups in total. The van der Waals surface area contributed by atoms with Gasteiger partial charge in [-0.2, -0.15) is 0 Å². The summed E-state index contributed by atoms with van der Waals surface area (Å²) in [5, 5.41) is 9.23. The van der Waals surface area contributed by atoms with E-state index in [-0.39, 0.29) is 18.5 Å². The summed E-state index contributed by atoms with van der Waals surface area (Å²) >= 11 is 0. The molecular weight excluding hydrogens is 256 g/mol. The van der Waals surface area contributed by atoms with Crippen LogP contribution < -0.4 is 0 Å². The van der Waals surface area contributed by atoms with Crippen molar-refractivity contribution in [2.75, 3.05) is 13.6 Å². The van der Waals surface area contributed by atoms with E-state index in [0.29, 0.717) is 0 Å². The van der Waals surface area contributed by atoms with Crippen molar-refractivity contribution in [2.45, 2.75) is 69.9 Å². The van der Waals surface area contributed by atoms with Crippen LogP contribution in [0.4, 0.5) is 4.79 Å². The second-order valence-electron chi connectivity index (χ2n) is 6.38. The first-order chi connectivity index (χ1) is 9.46. The molecule has 1 atom stereocenters. The Morgan fingerprint density at radius 1 is 1.25 bits per heavy atom. The minimum Gasteiger partial charge on any atom is -0.481 e. The topological polar surface area (TPSA) is 60.9 Å². The number of carbonyl (C=O) groups excluding carboxylic acids is 1. The fourth-order valence-corrected chi connectivity index (χ4v) is 3.74. The quantitative estimate of drug-likeness (QED) is 0.865. The summed E-state index contributed by atoms with van der Waals surface area (Å²) in [7, 11) is 1.79. The Morgan fingerprint density at radius 3 is 2.40 bits per heavy atom. The van der Waals surface area contributed by atoms with Crippen molar-refractivity contribution in [1.82, 2.24) is 9.80 Å². The molecule has 2 amide bonds. The summed E-state index contributed by atoms with van der Waals surface area (Å²) in [5.41, 5.74) is -0.483. The maximum absolute atomic E-state index is 12.7. The Bertz CT molecular complexity index is 377. The van der Waals surface area contributed by atoms with Crippen LogP contribution in [0.1, 0.15) is 58.3 Å². The van der Waals surface area contributed by atoms with Gasteiger partial charge in [-0.25, -0.2) is 4.79 Å². The van der Waals surface area contributed by atoms with Crippen LogP contribution in [0.5, 0.6) is 0 Å². The molecule has 1 saturated carbocycles. The Labute approximate surface area is 120 Å². The Hall–Kier alpha value is -1.26. The first kappa shape index (κ1) is 15.1. The molecule has 1 aliphatic heterocycles. The van der Waals surface area contributed by atoms with Gasteiger partial charge in [0.25, 0.3) is 0 Å². The highest BCUT2D eigenvalue weighted by Gasteiger charge is 2.42. The summed E-state index contributed by atoms with van der Waals surface area (Å²) in [6, 6.07) is 0.286. The summed E-state index contributed by atoms with van der Waals surface area (Å²) in [6.07, 6.45) is 6.95. The average molecular weight is 282 g/mol. The van der Waals surface area contributed by atoms with Gasteiger partial charge in [-0.15, -0.1) is 0 Å². The molecule has 1 unspecified atom stereocenters.